The van der Waals surface area contributed by atoms with E-state index in [0.717, 1.165) is 70.7 Å². The van der Waals surface area contributed by atoms with E-state index in [1.165, 1.54) is 24.0 Å². The molecule has 1 aromatic rings. The van der Waals surface area contributed by atoms with Gasteiger partial charge in [-0.1, -0.05) is 24.3 Å². The monoisotopic (exact) mass is 402 g/mol. The molecule has 0 unspecified atom stereocenters. The number of piperidine rings is 1. The van der Waals surface area contributed by atoms with Crippen molar-refractivity contribution in [2.45, 2.75) is 51.8 Å². The standard InChI is InChI=1S/C23H38N4O2/c1-3-24-23(26(2)14-15-29-18-21-8-9-21)25-16-19-4-6-20(7-5-19)17-27-12-10-22(28)11-13-27/h4-7,21-22,28H,3,8-18H2,1-2H3,(H,24,25). The summed E-state index contributed by atoms with van der Waals surface area (Å²) < 4.78 is 5.76. The second-order valence-corrected chi connectivity index (χ2v) is 8.43. The fraction of sp³-hybridized carbons (Fsp3) is 0.696. The van der Waals surface area contributed by atoms with Crippen LogP contribution in [-0.2, 0) is 17.8 Å². The summed E-state index contributed by atoms with van der Waals surface area (Å²) in [5.41, 5.74) is 2.54. The Morgan fingerprint density at radius 3 is 2.52 bits per heavy atom. The lowest BCUT2D eigenvalue weighted by atomic mass is 10.1. The Hall–Kier alpha value is -1.63. The Balaban J connectivity index is 1.44. The van der Waals surface area contributed by atoms with E-state index in [-0.39, 0.29) is 6.10 Å². The van der Waals surface area contributed by atoms with Crippen LogP contribution in [0.5, 0.6) is 0 Å². The highest BCUT2D eigenvalue weighted by Crippen LogP contribution is 2.28. The van der Waals surface area contributed by atoms with Gasteiger partial charge in [0.1, 0.15) is 0 Å². The molecular formula is C23H38N4O2. The van der Waals surface area contributed by atoms with Crippen LogP contribution in [0.25, 0.3) is 0 Å². The number of aliphatic hydroxyl groups excluding tert-OH is 1. The third-order valence-corrected chi connectivity index (χ3v) is 5.72. The molecule has 1 aliphatic heterocycles. The van der Waals surface area contributed by atoms with E-state index in [1.54, 1.807) is 0 Å². The predicted molar refractivity (Wildman–Crippen MR) is 118 cm³/mol. The number of likely N-dealkylation sites (N-methyl/N-ethyl adjacent to an activating group) is 1. The van der Waals surface area contributed by atoms with Crippen molar-refractivity contribution in [2.24, 2.45) is 10.9 Å². The van der Waals surface area contributed by atoms with Gasteiger partial charge in [-0.25, -0.2) is 4.99 Å². The van der Waals surface area contributed by atoms with Crippen LogP contribution in [0.3, 0.4) is 0 Å². The fourth-order valence-electron chi connectivity index (χ4n) is 3.56. The summed E-state index contributed by atoms with van der Waals surface area (Å²) in [4.78, 5) is 9.37. The molecule has 6 heteroatoms. The van der Waals surface area contributed by atoms with E-state index in [2.05, 4.69) is 53.4 Å². The molecule has 0 aromatic heterocycles. The molecule has 0 spiro atoms. The average molecular weight is 403 g/mol. The normalized spacial score (nSPS) is 18.8. The summed E-state index contributed by atoms with van der Waals surface area (Å²) in [6.07, 6.45) is 4.33. The fourth-order valence-corrected chi connectivity index (χ4v) is 3.56. The summed E-state index contributed by atoms with van der Waals surface area (Å²) in [5.74, 6) is 1.74. The van der Waals surface area contributed by atoms with Gasteiger partial charge in [-0.3, -0.25) is 4.90 Å². The van der Waals surface area contributed by atoms with Crippen molar-refractivity contribution < 1.29 is 9.84 Å². The minimum atomic E-state index is -0.111. The van der Waals surface area contributed by atoms with E-state index >= 15 is 0 Å². The summed E-state index contributed by atoms with van der Waals surface area (Å²) in [6.45, 7) is 9.06. The number of rotatable bonds is 10. The first-order valence-corrected chi connectivity index (χ1v) is 11.2. The number of nitrogens with zero attached hydrogens (tertiary/aromatic N) is 3. The van der Waals surface area contributed by atoms with E-state index in [1.807, 2.05) is 0 Å². The van der Waals surface area contributed by atoms with Gasteiger partial charge in [-0.05, 0) is 49.7 Å². The number of hydrogen-bond acceptors (Lipinski definition) is 4. The number of nitrogens with one attached hydrogen (secondary N) is 1. The van der Waals surface area contributed by atoms with Crippen LogP contribution in [0.2, 0.25) is 0 Å². The average Bonchev–Trinajstić information content (AvgIpc) is 3.55. The molecule has 0 bridgehead atoms. The van der Waals surface area contributed by atoms with Crippen molar-refractivity contribution in [3.63, 3.8) is 0 Å². The van der Waals surface area contributed by atoms with Crippen molar-refractivity contribution in [1.82, 2.24) is 15.1 Å². The lowest BCUT2D eigenvalue weighted by Crippen LogP contribution is -2.40. The molecular weight excluding hydrogens is 364 g/mol. The molecule has 1 heterocycles. The van der Waals surface area contributed by atoms with Crippen molar-refractivity contribution in [3.8, 4) is 0 Å². The maximum absolute atomic E-state index is 9.64. The lowest BCUT2D eigenvalue weighted by molar-refractivity contribution is 0.0792. The van der Waals surface area contributed by atoms with Crippen molar-refractivity contribution in [2.75, 3.05) is 46.4 Å². The molecule has 6 nitrogen and oxygen atoms in total. The number of hydrogen-bond donors (Lipinski definition) is 2. The Morgan fingerprint density at radius 1 is 1.17 bits per heavy atom. The minimum Gasteiger partial charge on any atom is -0.393 e. The number of aliphatic hydroxyl groups is 1. The summed E-state index contributed by atoms with van der Waals surface area (Å²) in [5, 5.41) is 13.0. The minimum absolute atomic E-state index is 0.111. The summed E-state index contributed by atoms with van der Waals surface area (Å²) >= 11 is 0. The van der Waals surface area contributed by atoms with E-state index in [4.69, 9.17) is 9.73 Å². The molecule has 0 atom stereocenters. The molecule has 1 aromatic carbocycles. The molecule has 1 saturated carbocycles. The zero-order valence-corrected chi connectivity index (χ0v) is 18.1. The first-order valence-electron chi connectivity index (χ1n) is 11.2. The first kappa shape index (κ1) is 22.1. The molecule has 2 aliphatic rings. The van der Waals surface area contributed by atoms with Crippen LogP contribution in [0.1, 0.15) is 43.7 Å². The Bertz CT molecular complexity index is 622. The Labute approximate surface area is 175 Å². The van der Waals surface area contributed by atoms with Crippen LogP contribution in [0.4, 0.5) is 0 Å². The largest absolute Gasteiger partial charge is 0.393 e. The van der Waals surface area contributed by atoms with E-state index in [9.17, 15) is 5.11 Å². The molecule has 2 N–H and O–H groups in total. The van der Waals surface area contributed by atoms with E-state index < -0.39 is 0 Å². The zero-order chi connectivity index (χ0) is 20.5. The molecule has 3 rings (SSSR count). The van der Waals surface area contributed by atoms with Gasteiger partial charge in [0.05, 0.1) is 19.3 Å². The van der Waals surface area contributed by atoms with Gasteiger partial charge in [0.25, 0.3) is 0 Å². The topological polar surface area (TPSA) is 60.3 Å². The summed E-state index contributed by atoms with van der Waals surface area (Å²) in [6, 6.07) is 8.77. The third-order valence-electron chi connectivity index (χ3n) is 5.72. The van der Waals surface area contributed by atoms with Crippen LogP contribution < -0.4 is 5.32 Å². The van der Waals surface area contributed by atoms with Gasteiger partial charge < -0.3 is 20.1 Å². The number of aliphatic imine (C=N–C) groups is 1. The molecule has 1 saturated heterocycles. The number of guanidine groups is 1. The van der Waals surface area contributed by atoms with Crippen LogP contribution >= 0.6 is 0 Å². The molecule has 2 fully saturated rings. The highest BCUT2D eigenvalue weighted by atomic mass is 16.5. The van der Waals surface area contributed by atoms with Gasteiger partial charge in [0.2, 0.25) is 0 Å². The quantitative estimate of drug-likeness (QED) is 0.358. The van der Waals surface area contributed by atoms with Gasteiger partial charge in [0.15, 0.2) is 5.96 Å². The van der Waals surface area contributed by atoms with Crippen LogP contribution in [0.15, 0.2) is 29.3 Å². The van der Waals surface area contributed by atoms with E-state index in [0.29, 0.717) is 6.54 Å². The van der Waals surface area contributed by atoms with Gasteiger partial charge in [-0.15, -0.1) is 0 Å². The van der Waals surface area contributed by atoms with Gasteiger partial charge >= 0.3 is 0 Å². The van der Waals surface area contributed by atoms with Gasteiger partial charge in [0, 0.05) is 46.4 Å². The third kappa shape index (κ3) is 7.96. The lowest BCUT2D eigenvalue weighted by Gasteiger charge is -2.29. The molecule has 1 aliphatic carbocycles. The number of ether oxygens (including phenoxy) is 1. The van der Waals surface area contributed by atoms with Gasteiger partial charge in [-0.2, -0.15) is 0 Å². The maximum Gasteiger partial charge on any atom is 0.194 e. The summed E-state index contributed by atoms with van der Waals surface area (Å²) in [7, 11) is 2.07. The molecule has 0 amide bonds. The SMILES string of the molecule is CCNC(=NCc1ccc(CN2CCC(O)CC2)cc1)N(C)CCOCC1CC1. The van der Waals surface area contributed by atoms with Crippen LogP contribution in [0, 0.1) is 5.92 Å². The number of benzene rings is 1. The second-order valence-electron chi connectivity index (χ2n) is 8.43. The van der Waals surface area contributed by atoms with Crippen molar-refractivity contribution in [3.05, 3.63) is 35.4 Å². The van der Waals surface area contributed by atoms with Crippen LogP contribution in [-0.4, -0.2) is 73.4 Å². The highest BCUT2D eigenvalue weighted by molar-refractivity contribution is 5.79. The Kier molecular flexibility index (Phi) is 8.77. The Morgan fingerprint density at radius 2 is 1.86 bits per heavy atom. The zero-order valence-electron chi connectivity index (χ0n) is 18.1. The smallest absolute Gasteiger partial charge is 0.194 e. The first-order chi connectivity index (χ1) is 14.1. The molecule has 162 valence electrons. The number of likely N-dealkylation sites (tertiary alicyclic amines) is 1. The predicted octanol–water partition coefficient (Wildman–Crippen LogP) is 2.47. The van der Waals surface area contributed by atoms with Crippen molar-refractivity contribution >= 4 is 5.96 Å². The molecule has 0 radical (unpaired) electrons. The highest BCUT2D eigenvalue weighted by Gasteiger charge is 2.21. The van der Waals surface area contributed by atoms with Crippen molar-refractivity contribution in [1.29, 1.82) is 0 Å². The second kappa shape index (κ2) is 11.5. The molecule has 29 heavy (non-hydrogen) atoms. The maximum atomic E-state index is 9.64.